The monoisotopic (exact) mass is 232 g/mol. The first-order valence-electron chi connectivity index (χ1n) is 6.19. The van der Waals surface area contributed by atoms with Gasteiger partial charge in [-0.1, -0.05) is 24.1 Å². The molecule has 1 aromatic rings. The Kier molecular flexibility index (Phi) is 3.48. The van der Waals surface area contributed by atoms with Gasteiger partial charge in [0, 0.05) is 12.2 Å². The molecule has 0 saturated heterocycles. The van der Waals surface area contributed by atoms with Crippen LogP contribution in [0.25, 0.3) is 0 Å². The Balaban J connectivity index is 2.03. The number of aryl methyl sites for hydroxylation is 1. The minimum atomic E-state index is -0.181. The molecule has 0 unspecified atom stereocenters. The highest BCUT2D eigenvalue weighted by Crippen LogP contribution is 2.41. The maximum atomic E-state index is 12.2. The molecule has 3 nitrogen and oxygen atoms in total. The van der Waals surface area contributed by atoms with Crippen LogP contribution >= 0.6 is 0 Å². The molecule has 0 atom stereocenters. The second-order valence-corrected chi connectivity index (χ2v) is 4.98. The third kappa shape index (κ3) is 2.50. The van der Waals surface area contributed by atoms with Gasteiger partial charge in [-0.2, -0.15) is 0 Å². The lowest BCUT2D eigenvalue weighted by atomic mass is 9.68. The molecule has 1 aliphatic carbocycles. The highest BCUT2D eigenvalue weighted by atomic mass is 16.2. The number of benzene rings is 1. The Labute approximate surface area is 103 Å². The molecule has 0 radical (unpaired) electrons. The smallest absolute Gasteiger partial charge is 0.231 e. The number of amides is 1. The highest BCUT2D eigenvalue weighted by Gasteiger charge is 2.43. The van der Waals surface area contributed by atoms with Gasteiger partial charge in [-0.05, 0) is 38.9 Å². The lowest BCUT2D eigenvalue weighted by molar-refractivity contribution is -0.129. The van der Waals surface area contributed by atoms with Gasteiger partial charge in [0.15, 0.2) is 0 Å². The molecule has 0 heterocycles. The zero-order valence-electron chi connectivity index (χ0n) is 10.5. The first-order valence-corrected chi connectivity index (χ1v) is 6.19. The average molecular weight is 232 g/mol. The summed E-state index contributed by atoms with van der Waals surface area (Å²) in [5.41, 5.74) is 1.92. The number of anilines is 1. The van der Waals surface area contributed by atoms with E-state index in [1.165, 1.54) is 5.56 Å². The Morgan fingerprint density at radius 3 is 2.41 bits per heavy atom. The van der Waals surface area contributed by atoms with E-state index in [1.807, 2.05) is 38.2 Å². The van der Waals surface area contributed by atoms with E-state index in [0.29, 0.717) is 0 Å². The molecule has 1 saturated carbocycles. The fraction of sp³-hybridized carbons (Fsp3) is 0.500. The van der Waals surface area contributed by atoms with Crippen molar-refractivity contribution in [2.24, 2.45) is 5.41 Å². The minimum Gasteiger partial charge on any atom is -0.326 e. The van der Waals surface area contributed by atoms with Gasteiger partial charge in [-0.15, -0.1) is 0 Å². The summed E-state index contributed by atoms with van der Waals surface area (Å²) in [5.74, 6) is 0.155. The first-order chi connectivity index (χ1) is 8.16. The van der Waals surface area contributed by atoms with Crippen LogP contribution in [0.5, 0.6) is 0 Å². The van der Waals surface area contributed by atoms with Gasteiger partial charge in [0.1, 0.15) is 0 Å². The standard InChI is InChI=1S/C14H20N2O/c1-11-4-6-12(7-5-11)16-13(17)14(10-15-2)8-3-9-14/h4-7,15H,3,8-10H2,1-2H3,(H,16,17). The van der Waals surface area contributed by atoms with Crippen LogP contribution in [0.2, 0.25) is 0 Å². The van der Waals surface area contributed by atoms with Crippen LogP contribution in [0, 0.1) is 12.3 Å². The van der Waals surface area contributed by atoms with Crippen molar-refractivity contribution in [3.05, 3.63) is 29.8 Å². The van der Waals surface area contributed by atoms with Gasteiger partial charge in [0.05, 0.1) is 5.41 Å². The van der Waals surface area contributed by atoms with Crippen molar-refractivity contribution >= 4 is 11.6 Å². The summed E-state index contributed by atoms with van der Waals surface area (Å²) < 4.78 is 0. The lowest BCUT2D eigenvalue weighted by Crippen LogP contribution is -2.48. The Bertz CT molecular complexity index is 393. The zero-order valence-corrected chi connectivity index (χ0v) is 10.5. The van der Waals surface area contributed by atoms with E-state index in [-0.39, 0.29) is 11.3 Å². The van der Waals surface area contributed by atoms with Gasteiger partial charge in [0.25, 0.3) is 0 Å². The fourth-order valence-corrected chi connectivity index (χ4v) is 2.33. The van der Waals surface area contributed by atoms with E-state index in [4.69, 9.17) is 0 Å². The number of hydrogen-bond donors (Lipinski definition) is 2. The van der Waals surface area contributed by atoms with Crippen molar-refractivity contribution in [3.8, 4) is 0 Å². The summed E-state index contributed by atoms with van der Waals surface area (Å²) in [6, 6.07) is 7.94. The SMILES string of the molecule is CNCC1(C(=O)Nc2ccc(C)cc2)CCC1. The quantitative estimate of drug-likeness (QED) is 0.836. The third-order valence-corrected chi connectivity index (χ3v) is 3.62. The normalized spacial score (nSPS) is 17.3. The van der Waals surface area contributed by atoms with Crippen LogP contribution in [0.3, 0.4) is 0 Å². The van der Waals surface area contributed by atoms with E-state index >= 15 is 0 Å². The number of hydrogen-bond acceptors (Lipinski definition) is 2. The summed E-state index contributed by atoms with van der Waals surface area (Å²) in [6.07, 6.45) is 3.14. The van der Waals surface area contributed by atoms with E-state index < -0.39 is 0 Å². The molecule has 1 aliphatic rings. The van der Waals surface area contributed by atoms with E-state index in [0.717, 1.165) is 31.5 Å². The molecule has 0 aliphatic heterocycles. The average Bonchev–Trinajstić information content (AvgIpc) is 2.26. The molecule has 17 heavy (non-hydrogen) atoms. The Morgan fingerprint density at radius 2 is 1.94 bits per heavy atom. The Morgan fingerprint density at radius 1 is 1.29 bits per heavy atom. The van der Waals surface area contributed by atoms with Crippen LogP contribution in [0.4, 0.5) is 5.69 Å². The first kappa shape index (κ1) is 12.1. The van der Waals surface area contributed by atoms with Crippen LogP contribution in [-0.2, 0) is 4.79 Å². The molecule has 0 bridgehead atoms. The van der Waals surface area contributed by atoms with Gasteiger partial charge < -0.3 is 10.6 Å². The van der Waals surface area contributed by atoms with Gasteiger partial charge in [-0.25, -0.2) is 0 Å². The van der Waals surface area contributed by atoms with Crippen molar-refractivity contribution in [2.45, 2.75) is 26.2 Å². The maximum absolute atomic E-state index is 12.2. The second-order valence-electron chi connectivity index (χ2n) is 4.98. The lowest BCUT2D eigenvalue weighted by Gasteiger charge is -2.40. The molecule has 1 amide bonds. The summed E-state index contributed by atoms with van der Waals surface area (Å²) in [7, 11) is 1.90. The van der Waals surface area contributed by atoms with E-state index in [2.05, 4.69) is 10.6 Å². The zero-order chi connectivity index (χ0) is 12.3. The Hall–Kier alpha value is -1.35. The highest BCUT2D eigenvalue weighted by molar-refractivity contribution is 5.96. The van der Waals surface area contributed by atoms with Gasteiger partial charge in [-0.3, -0.25) is 4.79 Å². The number of rotatable bonds is 4. The topological polar surface area (TPSA) is 41.1 Å². The van der Waals surface area contributed by atoms with Crippen molar-refractivity contribution in [3.63, 3.8) is 0 Å². The van der Waals surface area contributed by atoms with Crippen molar-refractivity contribution in [1.29, 1.82) is 0 Å². The molecule has 1 fully saturated rings. The number of nitrogens with one attached hydrogen (secondary N) is 2. The van der Waals surface area contributed by atoms with Crippen molar-refractivity contribution < 1.29 is 4.79 Å². The van der Waals surface area contributed by atoms with Crippen LogP contribution < -0.4 is 10.6 Å². The molecule has 1 aromatic carbocycles. The van der Waals surface area contributed by atoms with Crippen LogP contribution in [0.1, 0.15) is 24.8 Å². The summed E-state index contributed by atoms with van der Waals surface area (Å²) >= 11 is 0. The van der Waals surface area contributed by atoms with Gasteiger partial charge >= 0.3 is 0 Å². The molecular formula is C14H20N2O. The molecule has 0 aromatic heterocycles. The van der Waals surface area contributed by atoms with Crippen molar-refractivity contribution in [1.82, 2.24) is 5.32 Å². The van der Waals surface area contributed by atoms with E-state index in [1.54, 1.807) is 0 Å². The minimum absolute atomic E-state index is 0.155. The summed E-state index contributed by atoms with van der Waals surface area (Å²) in [5, 5.41) is 6.14. The molecule has 0 spiro atoms. The van der Waals surface area contributed by atoms with Crippen molar-refractivity contribution in [2.75, 3.05) is 18.9 Å². The molecule has 2 rings (SSSR count). The fourth-order valence-electron chi connectivity index (χ4n) is 2.33. The largest absolute Gasteiger partial charge is 0.326 e. The second kappa shape index (κ2) is 4.88. The number of carbonyl (C=O) groups is 1. The van der Waals surface area contributed by atoms with Crippen LogP contribution in [-0.4, -0.2) is 19.5 Å². The predicted molar refractivity (Wildman–Crippen MR) is 70.0 cm³/mol. The summed E-state index contributed by atoms with van der Waals surface area (Å²) in [6.45, 7) is 2.81. The number of carbonyl (C=O) groups excluding carboxylic acids is 1. The van der Waals surface area contributed by atoms with Crippen LogP contribution in [0.15, 0.2) is 24.3 Å². The molecular weight excluding hydrogens is 212 g/mol. The third-order valence-electron chi connectivity index (χ3n) is 3.62. The maximum Gasteiger partial charge on any atom is 0.231 e. The van der Waals surface area contributed by atoms with Gasteiger partial charge in [0.2, 0.25) is 5.91 Å². The van der Waals surface area contributed by atoms with E-state index in [9.17, 15) is 4.79 Å². The summed E-state index contributed by atoms with van der Waals surface area (Å²) in [4.78, 5) is 12.2. The molecule has 3 heteroatoms. The molecule has 2 N–H and O–H groups in total. The molecule has 92 valence electrons. The predicted octanol–water partition coefficient (Wildman–Crippen LogP) is 2.32.